The first-order valence-corrected chi connectivity index (χ1v) is 10.4. The second-order valence-electron chi connectivity index (χ2n) is 6.06. The van der Waals surface area contributed by atoms with Crippen molar-refractivity contribution in [1.29, 1.82) is 0 Å². The Balaban J connectivity index is 1.84. The van der Waals surface area contributed by atoms with Gasteiger partial charge in [0.1, 0.15) is 22.3 Å². The Morgan fingerprint density at radius 3 is 2.48 bits per heavy atom. The number of hydrogen-bond donors (Lipinski definition) is 1. The van der Waals surface area contributed by atoms with E-state index in [-0.39, 0.29) is 16.9 Å². The van der Waals surface area contributed by atoms with Crippen molar-refractivity contribution in [2.24, 2.45) is 0 Å². The minimum absolute atomic E-state index is 0.0859. The Morgan fingerprint density at radius 1 is 1.17 bits per heavy atom. The van der Waals surface area contributed by atoms with Gasteiger partial charge in [-0.1, -0.05) is 16.7 Å². The number of ether oxygens (including phenoxy) is 1. The Morgan fingerprint density at radius 2 is 1.86 bits per heavy atom. The molecule has 0 spiro atoms. The molecule has 0 aliphatic rings. The molecule has 0 aliphatic heterocycles. The van der Waals surface area contributed by atoms with Gasteiger partial charge in [-0.15, -0.1) is 5.10 Å². The van der Waals surface area contributed by atoms with E-state index in [1.807, 2.05) is 0 Å². The third-order valence-corrected chi connectivity index (χ3v) is 5.80. The molecule has 0 saturated carbocycles. The molecule has 0 fully saturated rings. The van der Waals surface area contributed by atoms with Gasteiger partial charge in [0.2, 0.25) is 10.0 Å². The summed E-state index contributed by atoms with van der Waals surface area (Å²) in [6, 6.07) is 7.89. The maximum absolute atomic E-state index is 14.0. The normalized spacial score (nSPS) is 12.7. The highest BCUT2D eigenvalue weighted by Gasteiger charge is 2.26. The van der Waals surface area contributed by atoms with Crippen molar-refractivity contribution < 1.29 is 21.9 Å². The van der Waals surface area contributed by atoms with Gasteiger partial charge in [0.15, 0.2) is 5.82 Å². The highest BCUT2D eigenvalue weighted by atomic mass is 35.5. The van der Waals surface area contributed by atoms with E-state index in [2.05, 4.69) is 14.9 Å². The summed E-state index contributed by atoms with van der Waals surface area (Å²) in [5.74, 6) is -0.763. The average Bonchev–Trinajstić information content (AvgIpc) is 3.05. The molecule has 1 atom stereocenters. The molecule has 0 bridgehead atoms. The molecule has 7 nitrogen and oxygen atoms in total. The minimum Gasteiger partial charge on any atom is -0.424 e. The van der Waals surface area contributed by atoms with Crippen molar-refractivity contribution in [3.63, 3.8) is 0 Å². The maximum Gasteiger partial charge on any atom is 0.322 e. The van der Waals surface area contributed by atoms with Gasteiger partial charge in [0.05, 0.1) is 6.04 Å². The van der Waals surface area contributed by atoms with Gasteiger partial charge in [-0.3, -0.25) is 4.57 Å². The lowest BCUT2D eigenvalue weighted by atomic mass is 10.3. The van der Waals surface area contributed by atoms with Crippen molar-refractivity contribution in [3.8, 4) is 11.8 Å². The van der Waals surface area contributed by atoms with Gasteiger partial charge in [-0.2, -0.15) is 0 Å². The summed E-state index contributed by atoms with van der Waals surface area (Å²) < 4.78 is 61.7. The number of nitrogens with one attached hydrogen (secondary N) is 1. The van der Waals surface area contributed by atoms with Gasteiger partial charge >= 0.3 is 6.01 Å². The Hall–Kier alpha value is -2.56. The van der Waals surface area contributed by atoms with Crippen LogP contribution in [-0.4, -0.2) is 23.2 Å². The van der Waals surface area contributed by atoms with E-state index in [1.165, 1.54) is 30.3 Å². The number of rotatable bonds is 7. The fourth-order valence-electron chi connectivity index (χ4n) is 2.64. The summed E-state index contributed by atoms with van der Waals surface area (Å²) in [5, 5.41) is 8.00. The first-order valence-electron chi connectivity index (χ1n) is 8.55. The van der Waals surface area contributed by atoms with Crippen LogP contribution in [0.3, 0.4) is 0 Å². The number of sulfonamides is 1. The summed E-state index contributed by atoms with van der Waals surface area (Å²) in [5.41, 5.74) is 0. The van der Waals surface area contributed by atoms with E-state index in [1.54, 1.807) is 18.4 Å². The van der Waals surface area contributed by atoms with Gasteiger partial charge in [0.25, 0.3) is 0 Å². The molecule has 3 aromatic rings. The summed E-state index contributed by atoms with van der Waals surface area (Å²) in [7, 11) is -4.18. The summed E-state index contributed by atoms with van der Waals surface area (Å²) in [6.45, 7) is 3.72. The minimum atomic E-state index is -4.18. The highest BCUT2D eigenvalue weighted by molar-refractivity contribution is 7.89. The number of hydrogen-bond acceptors (Lipinski definition) is 5. The molecule has 0 saturated heterocycles. The third-order valence-electron chi connectivity index (χ3n) is 3.99. The molecule has 1 heterocycles. The lowest BCUT2D eigenvalue weighted by molar-refractivity contribution is 0.407. The zero-order valence-corrected chi connectivity index (χ0v) is 17.0. The largest absolute Gasteiger partial charge is 0.424 e. The fourth-order valence-corrected chi connectivity index (χ4v) is 4.06. The Kier molecular flexibility index (Phi) is 6.15. The van der Waals surface area contributed by atoms with Crippen LogP contribution in [0.4, 0.5) is 8.78 Å². The molecule has 2 aromatic carbocycles. The molecule has 29 heavy (non-hydrogen) atoms. The van der Waals surface area contributed by atoms with Crippen LogP contribution in [-0.2, 0) is 16.6 Å². The van der Waals surface area contributed by atoms with Crippen LogP contribution in [0, 0.1) is 11.6 Å². The molecule has 3 rings (SSSR count). The number of benzene rings is 2. The second kappa shape index (κ2) is 8.44. The molecule has 0 radical (unpaired) electrons. The van der Waals surface area contributed by atoms with E-state index in [4.69, 9.17) is 16.3 Å². The van der Waals surface area contributed by atoms with Crippen LogP contribution in [0.5, 0.6) is 11.8 Å². The van der Waals surface area contributed by atoms with Crippen molar-refractivity contribution in [3.05, 3.63) is 64.9 Å². The molecule has 1 aromatic heterocycles. The highest BCUT2D eigenvalue weighted by Crippen LogP contribution is 2.25. The van der Waals surface area contributed by atoms with E-state index < -0.39 is 32.6 Å². The molecular weight excluding hydrogens is 426 g/mol. The maximum atomic E-state index is 14.0. The second-order valence-corrected chi connectivity index (χ2v) is 8.18. The van der Waals surface area contributed by atoms with Crippen molar-refractivity contribution in [1.82, 2.24) is 19.5 Å². The lowest BCUT2D eigenvalue weighted by Gasteiger charge is -2.15. The number of halogens is 3. The predicted octanol–water partition coefficient (Wildman–Crippen LogP) is 4.06. The SMILES string of the molecule is CCn1c(Oc2ccc(F)cc2)nnc1[C@@H](C)NS(=O)(=O)c1ccc(Cl)cc1F. The Bertz CT molecular complexity index is 1120. The number of aromatic nitrogens is 3. The van der Waals surface area contributed by atoms with E-state index >= 15 is 0 Å². The van der Waals surface area contributed by atoms with E-state index in [9.17, 15) is 17.2 Å². The predicted molar refractivity (Wildman–Crippen MR) is 102 cm³/mol. The molecule has 1 N–H and O–H groups in total. The fraction of sp³-hybridized carbons (Fsp3) is 0.222. The standard InChI is InChI=1S/C18H17ClF2N4O3S/c1-3-25-17(22-23-18(25)28-14-7-5-13(20)6-8-14)11(2)24-29(26,27)16-9-4-12(19)10-15(16)21/h4-11,24H,3H2,1-2H3/t11-/m1/s1. The van der Waals surface area contributed by atoms with Gasteiger partial charge in [-0.05, 0) is 56.3 Å². The molecule has 0 unspecified atom stereocenters. The van der Waals surface area contributed by atoms with Gasteiger partial charge < -0.3 is 4.74 Å². The summed E-state index contributed by atoms with van der Waals surface area (Å²) >= 11 is 5.67. The molecule has 11 heteroatoms. The summed E-state index contributed by atoms with van der Waals surface area (Å²) in [6.07, 6.45) is 0. The van der Waals surface area contributed by atoms with Crippen molar-refractivity contribution in [2.75, 3.05) is 0 Å². The van der Waals surface area contributed by atoms with Gasteiger partial charge in [-0.25, -0.2) is 21.9 Å². The Labute approximate surface area is 171 Å². The van der Waals surface area contributed by atoms with Crippen LogP contribution in [0.2, 0.25) is 5.02 Å². The smallest absolute Gasteiger partial charge is 0.322 e. The first-order chi connectivity index (χ1) is 13.7. The molecular formula is C18H17ClF2N4O3S. The van der Waals surface area contributed by atoms with E-state index in [0.29, 0.717) is 12.3 Å². The van der Waals surface area contributed by atoms with Crippen LogP contribution >= 0.6 is 11.6 Å². The molecule has 154 valence electrons. The van der Waals surface area contributed by atoms with Crippen molar-refractivity contribution >= 4 is 21.6 Å². The van der Waals surface area contributed by atoms with Gasteiger partial charge in [0, 0.05) is 11.6 Å². The van der Waals surface area contributed by atoms with E-state index in [0.717, 1.165) is 12.1 Å². The lowest BCUT2D eigenvalue weighted by Crippen LogP contribution is -2.29. The number of nitrogens with zero attached hydrogens (tertiary/aromatic N) is 3. The van der Waals surface area contributed by atoms with Crippen LogP contribution in [0.15, 0.2) is 47.4 Å². The van der Waals surface area contributed by atoms with Crippen LogP contribution in [0.25, 0.3) is 0 Å². The first kappa shape index (κ1) is 21.2. The van der Waals surface area contributed by atoms with Crippen molar-refractivity contribution in [2.45, 2.75) is 31.3 Å². The third kappa shape index (κ3) is 4.72. The summed E-state index contributed by atoms with van der Waals surface area (Å²) in [4.78, 5) is -0.529. The molecule has 0 amide bonds. The zero-order valence-electron chi connectivity index (χ0n) is 15.4. The quantitative estimate of drug-likeness (QED) is 0.596. The average molecular weight is 443 g/mol. The van der Waals surface area contributed by atoms with Crippen LogP contribution < -0.4 is 9.46 Å². The zero-order chi connectivity index (χ0) is 21.2. The monoisotopic (exact) mass is 442 g/mol. The van der Waals surface area contributed by atoms with Crippen LogP contribution in [0.1, 0.15) is 25.7 Å². The molecule has 0 aliphatic carbocycles. The topological polar surface area (TPSA) is 86.1 Å².